The van der Waals surface area contributed by atoms with Gasteiger partial charge in [0.1, 0.15) is 5.84 Å². The molecule has 9 nitrogen and oxygen atoms in total. The largest absolute Gasteiger partial charge is 0.350 e. The third kappa shape index (κ3) is 4.35. The van der Waals surface area contributed by atoms with E-state index in [4.69, 9.17) is 9.98 Å². The van der Waals surface area contributed by atoms with Crippen molar-refractivity contribution in [1.29, 1.82) is 0 Å². The van der Waals surface area contributed by atoms with E-state index in [0.29, 0.717) is 30.8 Å². The van der Waals surface area contributed by atoms with Crippen LogP contribution in [0, 0.1) is 5.41 Å². The molecule has 3 heterocycles. The van der Waals surface area contributed by atoms with Crippen molar-refractivity contribution in [2.75, 3.05) is 6.54 Å². The van der Waals surface area contributed by atoms with Gasteiger partial charge < -0.3 is 15.5 Å². The molecule has 2 aromatic rings. The van der Waals surface area contributed by atoms with Gasteiger partial charge in [-0.3, -0.25) is 4.79 Å². The van der Waals surface area contributed by atoms with Crippen LogP contribution in [-0.2, 0) is 11.3 Å². The molecule has 0 saturated carbocycles. The maximum Gasteiger partial charge on any atom is 0.230 e. The maximum atomic E-state index is 12.7. The van der Waals surface area contributed by atoms with Crippen LogP contribution >= 0.6 is 0 Å². The number of likely N-dealkylation sites (N-methyl/N-ethyl adjacent to an activating group) is 1. The highest BCUT2D eigenvalue weighted by molar-refractivity contribution is 6.10. The highest BCUT2D eigenvalue weighted by atomic mass is 16.2. The first-order valence-electron chi connectivity index (χ1n) is 10.5. The van der Waals surface area contributed by atoms with Crippen molar-refractivity contribution in [3.63, 3.8) is 0 Å². The van der Waals surface area contributed by atoms with Gasteiger partial charge in [-0.1, -0.05) is 51.1 Å². The van der Waals surface area contributed by atoms with Gasteiger partial charge in [-0.2, -0.15) is 10.1 Å². The number of fused-ring (bicyclic) bond motifs is 1. The van der Waals surface area contributed by atoms with Gasteiger partial charge in [0.2, 0.25) is 17.8 Å². The molecule has 2 unspecified atom stereocenters. The Labute approximate surface area is 182 Å². The molecule has 2 atom stereocenters. The van der Waals surface area contributed by atoms with E-state index in [2.05, 4.69) is 25.6 Å². The average molecular weight is 421 g/mol. The number of aliphatic imine (C=N–C) groups is 3. The van der Waals surface area contributed by atoms with E-state index in [0.717, 1.165) is 5.56 Å². The average Bonchev–Trinajstić information content (AvgIpc) is 3.40. The number of nitrogens with zero attached hydrogens (tertiary/aromatic N) is 6. The zero-order chi connectivity index (χ0) is 22.0. The Balaban J connectivity index is 1.65. The Morgan fingerprint density at radius 1 is 1.13 bits per heavy atom. The summed E-state index contributed by atoms with van der Waals surface area (Å²) in [5.41, 5.74) is 0.567. The van der Waals surface area contributed by atoms with Gasteiger partial charge in [-0.15, -0.1) is 0 Å². The van der Waals surface area contributed by atoms with E-state index in [-0.39, 0.29) is 12.1 Å². The van der Waals surface area contributed by atoms with Crippen molar-refractivity contribution in [1.82, 2.24) is 25.3 Å². The highest BCUT2D eigenvalue weighted by Gasteiger charge is 2.43. The lowest BCUT2D eigenvalue weighted by atomic mass is 9.95. The lowest BCUT2D eigenvalue weighted by molar-refractivity contribution is -0.127. The smallest absolute Gasteiger partial charge is 0.230 e. The van der Waals surface area contributed by atoms with E-state index in [1.165, 1.54) is 0 Å². The monoisotopic (exact) mass is 420 g/mol. The van der Waals surface area contributed by atoms with Crippen LogP contribution in [0.25, 0.3) is 0 Å². The topological polar surface area (TPSA) is 99.3 Å². The number of carbonyl (C=O) groups is 1. The Morgan fingerprint density at radius 2 is 1.90 bits per heavy atom. The SMILES string of the molecule is CCN1C(n2cccn2)=NC2C(NC(=O)C(C)(C)C)=NC(NCc3ccccc3)=NC21. The van der Waals surface area contributed by atoms with E-state index in [1.807, 2.05) is 70.3 Å². The maximum absolute atomic E-state index is 12.7. The van der Waals surface area contributed by atoms with Crippen molar-refractivity contribution in [3.05, 3.63) is 54.4 Å². The molecule has 2 aliphatic heterocycles. The summed E-state index contributed by atoms with van der Waals surface area (Å²) in [7, 11) is 0. The fraction of sp³-hybridized carbons (Fsp3) is 0.409. The Kier molecular flexibility index (Phi) is 5.58. The standard InChI is InChI=1S/C22H28N8O/c1-5-29-18-16(25-21(29)30-13-9-12-24-30)17(26-19(31)22(2,3)4)27-20(28-18)23-14-15-10-7-6-8-11-15/h6-13,16,18H,5,14H2,1-4H3,(H2,23,26,27,28,31). The summed E-state index contributed by atoms with van der Waals surface area (Å²) in [6.07, 6.45) is 3.25. The second kappa shape index (κ2) is 8.33. The number of hydrogen-bond acceptors (Lipinski definition) is 7. The summed E-state index contributed by atoms with van der Waals surface area (Å²) in [6, 6.07) is 11.5. The van der Waals surface area contributed by atoms with Gasteiger partial charge in [0, 0.05) is 30.9 Å². The lowest BCUT2D eigenvalue weighted by Crippen LogP contribution is -2.52. The summed E-state index contributed by atoms with van der Waals surface area (Å²) in [5.74, 6) is 1.55. The summed E-state index contributed by atoms with van der Waals surface area (Å²) >= 11 is 0. The predicted molar refractivity (Wildman–Crippen MR) is 121 cm³/mol. The molecule has 9 heteroatoms. The first kappa shape index (κ1) is 20.8. The minimum Gasteiger partial charge on any atom is -0.350 e. The molecule has 0 spiro atoms. The number of amidine groups is 1. The molecule has 0 aliphatic carbocycles. The van der Waals surface area contributed by atoms with Crippen molar-refractivity contribution >= 4 is 23.7 Å². The lowest BCUT2D eigenvalue weighted by Gasteiger charge is -2.30. The normalized spacial score (nSPS) is 20.5. The van der Waals surface area contributed by atoms with Crippen LogP contribution in [-0.4, -0.2) is 57.1 Å². The Hall–Kier alpha value is -3.49. The van der Waals surface area contributed by atoms with Crippen LogP contribution in [0.1, 0.15) is 33.3 Å². The van der Waals surface area contributed by atoms with Crippen LogP contribution in [0.3, 0.4) is 0 Å². The fourth-order valence-corrected chi connectivity index (χ4v) is 3.41. The Bertz CT molecular complexity index is 1020. The van der Waals surface area contributed by atoms with Gasteiger partial charge in [-0.25, -0.2) is 14.7 Å². The van der Waals surface area contributed by atoms with E-state index in [9.17, 15) is 4.79 Å². The molecule has 0 radical (unpaired) electrons. The molecule has 2 aliphatic rings. The van der Waals surface area contributed by atoms with Crippen LogP contribution in [0.5, 0.6) is 0 Å². The van der Waals surface area contributed by atoms with Crippen molar-refractivity contribution < 1.29 is 4.79 Å². The van der Waals surface area contributed by atoms with E-state index < -0.39 is 11.5 Å². The summed E-state index contributed by atoms with van der Waals surface area (Å²) < 4.78 is 1.72. The number of guanidine groups is 1. The van der Waals surface area contributed by atoms with Gasteiger partial charge in [0.15, 0.2) is 12.2 Å². The van der Waals surface area contributed by atoms with Gasteiger partial charge in [0.05, 0.1) is 0 Å². The minimum atomic E-state index is -0.554. The summed E-state index contributed by atoms with van der Waals surface area (Å²) in [5, 5.41) is 10.6. The third-order valence-corrected chi connectivity index (χ3v) is 5.14. The number of rotatable bonds is 3. The molecule has 0 bridgehead atoms. The van der Waals surface area contributed by atoms with Crippen LogP contribution in [0.4, 0.5) is 0 Å². The van der Waals surface area contributed by atoms with Crippen LogP contribution in [0.15, 0.2) is 63.8 Å². The van der Waals surface area contributed by atoms with Gasteiger partial charge in [0.25, 0.3) is 0 Å². The van der Waals surface area contributed by atoms with Gasteiger partial charge >= 0.3 is 0 Å². The number of aromatic nitrogens is 2. The van der Waals surface area contributed by atoms with Crippen molar-refractivity contribution in [2.24, 2.45) is 20.4 Å². The molecule has 31 heavy (non-hydrogen) atoms. The molecule has 1 amide bonds. The van der Waals surface area contributed by atoms with Crippen molar-refractivity contribution in [2.45, 2.75) is 46.4 Å². The molecule has 0 saturated heterocycles. The number of carbonyl (C=O) groups excluding carboxylic acids is 1. The number of hydrogen-bond donors (Lipinski definition) is 2. The van der Waals surface area contributed by atoms with E-state index >= 15 is 0 Å². The van der Waals surface area contributed by atoms with E-state index in [1.54, 1.807) is 10.9 Å². The molecule has 1 aromatic heterocycles. The first-order valence-corrected chi connectivity index (χ1v) is 10.5. The second-order valence-electron chi connectivity index (χ2n) is 8.52. The minimum absolute atomic E-state index is 0.111. The molecule has 162 valence electrons. The first-order chi connectivity index (χ1) is 14.9. The number of amides is 1. The number of nitrogens with one attached hydrogen (secondary N) is 2. The molecular formula is C22H28N8O. The predicted octanol–water partition coefficient (Wildman–Crippen LogP) is 1.84. The molecule has 4 rings (SSSR count). The number of benzene rings is 1. The summed E-state index contributed by atoms with van der Waals surface area (Å²) in [6.45, 7) is 8.94. The highest BCUT2D eigenvalue weighted by Crippen LogP contribution is 2.24. The van der Waals surface area contributed by atoms with Gasteiger partial charge in [-0.05, 0) is 18.6 Å². The quantitative estimate of drug-likeness (QED) is 0.791. The zero-order valence-corrected chi connectivity index (χ0v) is 18.3. The van der Waals surface area contributed by atoms with Crippen LogP contribution < -0.4 is 10.6 Å². The summed E-state index contributed by atoms with van der Waals surface area (Å²) in [4.78, 5) is 29.1. The second-order valence-corrected chi connectivity index (χ2v) is 8.52. The fourth-order valence-electron chi connectivity index (χ4n) is 3.41. The molecule has 2 N–H and O–H groups in total. The third-order valence-electron chi connectivity index (χ3n) is 5.14. The van der Waals surface area contributed by atoms with Crippen LogP contribution in [0.2, 0.25) is 0 Å². The zero-order valence-electron chi connectivity index (χ0n) is 18.3. The van der Waals surface area contributed by atoms with Crippen molar-refractivity contribution in [3.8, 4) is 0 Å². The Morgan fingerprint density at radius 3 is 2.55 bits per heavy atom. The molecule has 1 aromatic carbocycles. The molecule has 0 fully saturated rings. The molecular weight excluding hydrogens is 392 g/mol.